The largest absolute Gasteiger partial charge is 0.434 e. The summed E-state index contributed by atoms with van der Waals surface area (Å²) in [7, 11) is 1.69. The Morgan fingerprint density at radius 3 is 2.81 bits per heavy atom. The fourth-order valence-corrected chi connectivity index (χ4v) is 3.21. The van der Waals surface area contributed by atoms with Crippen molar-refractivity contribution in [3.8, 4) is 0 Å². The number of halogens is 3. The molecule has 0 bridgehead atoms. The monoisotopic (exact) mass is 369 g/mol. The van der Waals surface area contributed by atoms with Crippen LogP contribution in [0, 0.1) is 5.92 Å². The maximum Gasteiger partial charge on any atom is 0.434 e. The van der Waals surface area contributed by atoms with Gasteiger partial charge in [-0.25, -0.2) is 4.98 Å². The Bertz CT molecular complexity index is 793. The van der Waals surface area contributed by atoms with Crippen molar-refractivity contribution in [3.05, 3.63) is 35.2 Å². The van der Waals surface area contributed by atoms with Gasteiger partial charge in [0.2, 0.25) is 0 Å². The van der Waals surface area contributed by atoms with Crippen LogP contribution in [0.2, 0.25) is 0 Å². The van der Waals surface area contributed by atoms with E-state index in [4.69, 9.17) is 0 Å². The van der Waals surface area contributed by atoms with E-state index in [9.17, 15) is 18.0 Å². The number of aryl methyl sites for hydroxylation is 1. The summed E-state index contributed by atoms with van der Waals surface area (Å²) < 4.78 is 39.9. The molecule has 142 valence electrons. The first-order valence-electron chi connectivity index (χ1n) is 8.59. The normalized spacial score (nSPS) is 17.4. The van der Waals surface area contributed by atoms with Gasteiger partial charge in [-0.05, 0) is 24.3 Å². The molecule has 3 heterocycles. The second-order valence-electron chi connectivity index (χ2n) is 7.15. The van der Waals surface area contributed by atoms with E-state index in [1.165, 1.54) is 0 Å². The molecule has 6 nitrogen and oxygen atoms in total. The highest BCUT2D eigenvalue weighted by molar-refractivity contribution is 5.92. The summed E-state index contributed by atoms with van der Waals surface area (Å²) >= 11 is 0. The van der Waals surface area contributed by atoms with E-state index in [1.807, 2.05) is 13.8 Å². The van der Waals surface area contributed by atoms with Gasteiger partial charge in [0, 0.05) is 38.4 Å². The molecule has 26 heavy (non-hydrogen) atoms. The molecule has 0 saturated carbocycles. The number of rotatable bonds is 4. The molecule has 9 heteroatoms. The third-order valence-corrected chi connectivity index (χ3v) is 4.70. The Hall–Kier alpha value is -2.32. The lowest BCUT2D eigenvalue weighted by Crippen LogP contribution is -2.35. The predicted octanol–water partition coefficient (Wildman–Crippen LogP) is 3.08. The van der Waals surface area contributed by atoms with Crippen LogP contribution in [-0.4, -0.2) is 44.1 Å². The average molecular weight is 369 g/mol. The first-order chi connectivity index (χ1) is 12.1. The maximum absolute atomic E-state index is 12.8. The van der Waals surface area contributed by atoms with Crippen LogP contribution in [0.4, 0.5) is 13.2 Å². The van der Waals surface area contributed by atoms with Crippen LogP contribution in [0.15, 0.2) is 12.3 Å². The molecule has 3 rings (SSSR count). The lowest BCUT2D eigenvalue weighted by Gasteiger charge is -2.27. The van der Waals surface area contributed by atoms with E-state index in [0.29, 0.717) is 37.4 Å². The lowest BCUT2D eigenvalue weighted by molar-refractivity contribution is -0.141. The number of fused-ring (bicyclic) bond motifs is 1. The maximum atomic E-state index is 12.8. The number of H-pyrrole nitrogens is 1. The van der Waals surface area contributed by atoms with Gasteiger partial charge in [0.15, 0.2) is 5.69 Å². The summed E-state index contributed by atoms with van der Waals surface area (Å²) in [5.41, 5.74) is 0.396. The SMILES string of the molecule is CC(C)c1cc(C(=O)N(C)C[C@@H]2CCc3nc(C(F)(F)F)cn3C2)n[nH]1. The van der Waals surface area contributed by atoms with Crippen LogP contribution in [0.3, 0.4) is 0 Å². The minimum absolute atomic E-state index is 0.0789. The van der Waals surface area contributed by atoms with E-state index in [2.05, 4.69) is 15.2 Å². The number of carbonyl (C=O) groups excluding carboxylic acids is 1. The van der Waals surface area contributed by atoms with Crippen LogP contribution >= 0.6 is 0 Å². The molecule has 1 N–H and O–H groups in total. The summed E-state index contributed by atoms with van der Waals surface area (Å²) in [4.78, 5) is 17.8. The molecule has 1 amide bonds. The van der Waals surface area contributed by atoms with Gasteiger partial charge < -0.3 is 9.47 Å². The zero-order valence-corrected chi connectivity index (χ0v) is 15.0. The third kappa shape index (κ3) is 3.76. The number of hydrogen-bond acceptors (Lipinski definition) is 3. The third-order valence-electron chi connectivity index (χ3n) is 4.70. The first-order valence-corrected chi connectivity index (χ1v) is 8.59. The van der Waals surface area contributed by atoms with Crippen LogP contribution in [0.1, 0.15) is 53.9 Å². The number of aromatic nitrogens is 4. The zero-order chi connectivity index (χ0) is 19.1. The molecule has 1 atom stereocenters. The fourth-order valence-electron chi connectivity index (χ4n) is 3.21. The number of nitrogens with one attached hydrogen (secondary N) is 1. The minimum Gasteiger partial charge on any atom is -0.340 e. The van der Waals surface area contributed by atoms with Gasteiger partial charge in [-0.2, -0.15) is 18.3 Å². The molecule has 0 spiro atoms. The number of carbonyl (C=O) groups is 1. The van der Waals surface area contributed by atoms with E-state index in [0.717, 1.165) is 11.9 Å². The van der Waals surface area contributed by atoms with Crippen molar-refractivity contribution in [1.82, 2.24) is 24.6 Å². The van der Waals surface area contributed by atoms with Crippen LogP contribution < -0.4 is 0 Å². The smallest absolute Gasteiger partial charge is 0.340 e. The molecule has 0 aromatic carbocycles. The van der Waals surface area contributed by atoms with Crippen molar-refractivity contribution in [2.24, 2.45) is 5.92 Å². The summed E-state index contributed by atoms with van der Waals surface area (Å²) in [6, 6.07) is 1.74. The lowest BCUT2D eigenvalue weighted by atomic mass is 9.99. The van der Waals surface area contributed by atoms with Crippen LogP contribution in [-0.2, 0) is 19.1 Å². The summed E-state index contributed by atoms with van der Waals surface area (Å²) in [6.45, 7) is 4.90. The highest BCUT2D eigenvalue weighted by atomic mass is 19.4. The molecule has 0 aliphatic carbocycles. The standard InChI is InChI=1S/C17H22F3N5O/c1-10(2)12-6-13(23-22-12)16(26)24(3)7-11-4-5-15-21-14(17(18,19)20)9-25(15)8-11/h6,9-11H,4-5,7-8H2,1-3H3,(H,22,23)/t11-/m0/s1. The molecule has 1 aliphatic rings. The number of hydrogen-bond donors (Lipinski definition) is 1. The van der Waals surface area contributed by atoms with Gasteiger partial charge in [-0.15, -0.1) is 0 Å². The van der Waals surface area contributed by atoms with Crippen LogP contribution in [0.25, 0.3) is 0 Å². The fraction of sp³-hybridized carbons (Fsp3) is 0.588. The van der Waals surface area contributed by atoms with Gasteiger partial charge in [-0.1, -0.05) is 13.8 Å². The molecule has 0 unspecified atom stereocenters. The van der Waals surface area contributed by atoms with Crippen LogP contribution in [0.5, 0.6) is 0 Å². The number of aromatic amines is 1. The number of imidazole rings is 1. The van der Waals surface area contributed by atoms with Gasteiger partial charge in [0.1, 0.15) is 11.5 Å². The predicted molar refractivity (Wildman–Crippen MR) is 88.7 cm³/mol. The Morgan fingerprint density at radius 2 is 2.19 bits per heavy atom. The van der Waals surface area contributed by atoms with Crippen molar-refractivity contribution >= 4 is 5.91 Å². The van der Waals surface area contributed by atoms with Gasteiger partial charge in [0.05, 0.1) is 0 Å². The van der Waals surface area contributed by atoms with Crippen molar-refractivity contribution in [2.75, 3.05) is 13.6 Å². The van der Waals surface area contributed by atoms with E-state index >= 15 is 0 Å². The number of alkyl halides is 3. The Balaban J connectivity index is 1.64. The molecular formula is C17H22F3N5O. The van der Waals surface area contributed by atoms with Crippen molar-refractivity contribution < 1.29 is 18.0 Å². The topological polar surface area (TPSA) is 66.8 Å². The number of amides is 1. The van der Waals surface area contributed by atoms with Crippen molar-refractivity contribution in [3.63, 3.8) is 0 Å². The van der Waals surface area contributed by atoms with Gasteiger partial charge >= 0.3 is 6.18 Å². The number of nitrogens with zero attached hydrogens (tertiary/aromatic N) is 4. The molecule has 2 aromatic heterocycles. The minimum atomic E-state index is -4.43. The second kappa shape index (κ2) is 6.77. The van der Waals surface area contributed by atoms with Gasteiger partial charge in [-0.3, -0.25) is 9.89 Å². The van der Waals surface area contributed by atoms with E-state index < -0.39 is 11.9 Å². The Labute approximate surface area is 149 Å². The van der Waals surface area contributed by atoms with E-state index in [1.54, 1.807) is 22.6 Å². The summed E-state index contributed by atoms with van der Waals surface area (Å²) in [6.07, 6.45) is -2.20. The van der Waals surface area contributed by atoms with Gasteiger partial charge in [0.25, 0.3) is 5.91 Å². The summed E-state index contributed by atoms with van der Waals surface area (Å²) in [5.74, 6) is 0.586. The molecule has 0 radical (unpaired) electrons. The molecule has 2 aromatic rings. The second-order valence-corrected chi connectivity index (χ2v) is 7.15. The Morgan fingerprint density at radius 1 is 1.46 bits per heavy atom. The van der Waals surface area contributed by atoms with Crippen molar-refractivity contribution in [1.29, 1.82) is 0 Å². The summed E-state index contributed by atoms with van der Waals surface area (Å²) in [5, 5.41) is 6.92. The first kappa shape index (κ1) is 18.5. The highest BCUT2D eigenvalue weighted by Gasteiger charge is 2.36. The Kier molecular flexibility index (Phi) is 4.81. The quantitative estimate of drug-likeness (QED) is 0.901. The zero-order valence-electron chi connectivity index (χ0n) is 15.0. The molecule has 0 fully saturated rings. The molecule has 1 aliphatic heterocycles. The average Bonchev–Trinajstić information content (AvgIpc) is 3.20. The van der Waals surface area contributed by atoms with E-state index in [-0.39, 0.29) is 17.7 Å². The van der Waals surface area contributed by atoms with Crippen molar-refractivity contribution in [2.45, 2.75) is 45.3 Å². The molecule has 0 saturated heterocycles. The molecular weight excluding hydrogens is 347 g/mol. The highest BCUT2D eigenvalue weighted by Crippen LogP contribution is 2.30.